The fourth-order valence-corrected chi connectivity index (χ4v) is 6.15. The number of H-pyrrole nitrogens is 2. The van der Waals surface area contributed by atoms with E-state index in [1.54, 1.807) is 19.2 Å². The van der Waals surface area contributed by atoms with Crippen molar-refractivity contribution in [2.24, 2.45) is 0 Å². The third kappa shape index (κ3) is 6.49. The number of hydrogen-bond acceptors (Lipinski definition) is 7. The summed E-state index contributed by atoms with van der Waals surface area (Å²) in [5.41, 5.74) is -0.235. The van der Waals surface area contributed by atoms with E-state index >= 15 is 0 Å². The minimum atomic E-state index is -1.18. The van der Waals surface area contributed by atoms with Crippen LogP contribution >= 0.6 is 24.4 Å². The van der Waals surface area contributed by atoms with Gasteiger partial charge in [0.15, 0.2) is 9.54 Å². The summed E-state index contributed by atoms with van der Waals surface area (Å²) in [6.45, 7) is 7.45. The Bertz CT molecular complexity index is 1530. The van der Waals surface area contributed by atoms with Crippen LogP contribution in [-0.4, -0.2) is 44.4 Å². The van der Waals surface area contributed by atoms with E-state index in [2.05, 4.69) is 9.97 Å². The van der Waals surface area contributed by atoms with Crippen molar-refractivity contribution in [3.05, 3.63) is 70.7 Å². The average Bonchev–Trinajstić information content (AvgIpc) is 3.45. The van der Waals surface area contributed by atoms with Crippen molar-refractivity contribution in [2.75, 3.05) is 20.2 Å². The van der Waals surface area contributed by atoms with Crippen LogP contribution in [-0.2, 0) is 19.6 Å². The molecule has 0 amide bonds. The largest absolute Gasteiger partial charge is 0.860 e. The molecule has 0 saturated carbocycles. The fraction of sp³-hybridized carbons (Fsp3) is 0.517. The predicted octanol–water partition coefficient (Wildman–Crippen LogP) is 2.87. The molecule has 3 heterocycles. The van der Waals surface area contributed by atoms with Gasteiger partial charge in [0.2, 0.25) is 5.88 Å². The normalized spacial score (nSPS) is 14.4. The van der Waals surface area contributed by atoms with Gasteiger partial charge in [-0.2, -0.15) is 0 Å². The van der Waals surface area contributed by atoms with Gasteiger partial charge < -0.3 is 24.4 Å². The number of unbranched alkanes of at least 4 members (excludes halogenated alkanes) is 2. The van der Waals surface area contributed by atoms with Gasteiger partial charge in [0.1, 0.15) is 12.3 Å². The van der Waals surface area contributed by atoms with E-state index in [0.717, 1.165) is 44.3 Å². The molecule has 0 radical (unpaired) electrons. The molecule has 1 saturated heterocycles. The lowest BCUT2D eigenvalue weighted by Crippen LogP contribution is -3.08. The number of aromatic hydroxyl groups is 1. The van der Waals surface area contributed by atoms with Gasteiger partial charge in [-0.1, -0.05) is 32.8 Å². The second-order valence-corrected chi connectivity index (χ2v) is 11.4. The second kappa shape index (κ2) is 13.6. The molecule has 4 rings (SSSR count). The highest BCUT2D eigenvalue weighted by molar-refractivity contribution is 7.71. The Balaban J connectivity index is 2.03. The summed E-state index contributed by atoms with van der Waals surface area (Å²) in [6.07, 6.45) is 5.33. The Morgan fingerprint density at radius 1 is 1.00 bits per heavy atom. The quantitative estimate of drug-likeness (QED) is 0.235. The SMILES string of the molecule is CCCCn1c([O-])c(C(c2ccc(OC)c(C[NH+]3CCCC3)c2)c2c(O)n(CCCC)c(=S)[nH]c2=O)c(=O)[nH]c1=S. The highest BCUT2D eigenvalue weighted by atomic mass is 32.1. The highest BCUT2D eigenvalue weighted by Crippen LogP contribution is 2.38. The van der Waals surface area contributed by atoms with Crippen LogP contribution in [0.25, 0.3) is 0 Å². The molecule has 4 N–H and O–H groups in total. The molecular weight excluding hydrogens is 562 g/mol. The number of quaternary nitrogens is 1. The number of aromatic nitrogens is 4. The molecule has 1 aliphatic rings. The molecule has 222 valence electrons. The minimum Gasteiger partial charge on any atom is -0.860 e. The molecule has 1 aliphatic heterocycles. The molecule has 1 fully saturated rings. The molecule has 0 aliphatic carbocycles. The van der Waals surface area contributed by atoms with Gasteiger partial charge in [0.25, 0.3) is 11.1 Å². The Morgan fingerprint density at radius 3 is 2.20 bits per heavy atom. The molecule has 1 atom stereocenters. The van der Waals surface area contributed by atoms with E-state index in [-0.39, 0.29) is 26.5 Å². The summed E-state index contributed by atoms with van der Waals surface area (Å²) < 4.78 is 8.57. The van der Waals surface area contributed by atoms with Gasteiger partial charge in [-0.3, -0.25) is 24.1 Å². The van der Waals surface area contributed by atoms with E-state index in [9.17, 15) is 19.8 Å². The van der Waals surface area contributed by atoms with E-state index in [0.29, 0.717) is 43.8 Å². The van der Waals surface area contributed by atoms with Crippen molar-refractivity contribution in [2.45, 2.75) is 77.9 Å². The lowest BCUT2D eigenvalue weighted by atomic mass is 9.85. The number of likely N-dealkylation sites (tertiary alicyclic amines) is 1. The molecule has 2 aromatic heterocycles. The smallest absolute Gasteiger partial charge is 0.259 e. The fourth-order valence-electron chi connectivity index (χ4n) is 5.61. The van der Waals surface area contributed by atoms with Crippen molar-refractivity contribution < 1.29 is 19.8 Å². The maximum absolute atomic E-state index is 14.0. The second-order valence-electron chi connectivity index (χ2n) is 10.6. The van der Waals surface area contributed by atoms with Crippen molar-refractivity contribution in [3.63, 3.8) is 0 Å². The standard InChI is InChI=1S/C29H39N5O5S2/c1-4-6-14-33-26(37)22(24(35)30-28(33)40)21(23-25(36)31-29(41)34(27(23)38)15-7-5-2)18-10-11-20(39-3)19(16-18)17-32-12-8-9-13-32/h10-11,16,21,37-38H,4-9,12-15,17H2,1-3H3,(H,30,35,40)(H,31,36,41). The molecule has 1 aromatic carbocycles. The molecule has 0 bridgehead atoms. The molecule has 12 heteroatoms. The van der Waals surface area contributed by atoms with Gasteiger partial charge >= 0.3 is 0 Å². The topological polar surface area (TPSA) is 133 Å². The van der Waals surface area contributed by atoms with Crippen molar-refractivity contribution in [3.8, 4) is 17.5 Å². The number of hydrogen-bond donors (Lipinski definition) is 4. The summed E-state index contributed by atoms with van der Waals surface area (Å²) >= 11 is 10.7. The zero-order chi connectivity index (χ0) is 29.7. The Morgan fingerprint density at radius 2 is 1.59 bits per heavy atom. The third-order valence-electron chi connectivity index (χ3n) is 7.83. The minimum absolute atomic E-state index is 0.0288. The molecular formula is C29H39N5O5S2. The molecule has 41 heavy (non-hydrogen) atoms. The number of nitrogens with one attached hydrogen (secondary N) is 3. The Kier molecular flexibility index (Phi) is 10.2. The molecule has 0 spiro atoms. The van der Waals surface area contributed by atoms with E-state index in [4.69, 9.17) is 29.2 Å². The van der Waals surface area contributed by atoms with Gasteiger partial charge in [0, 0.05) is 37.1 Å². The van der Waals surface area contributed by atoms with Crippen LogP contribution in [0, 0.1) is 9.54 Å². The molecule has 1 unspecified atom stereocenters. The van der Waals surface area contributed by atoms with Gasteiger partial charge in [-0.15, -0.1) is 0 Å². The summed E-state index contributed by atoms with van der Waals surface area (Å²) in [5, 5.41) is 25.5. The van der Waals surface area contributed by atoms with Crippen LogP contribution in [0.5, 0.6) is 17.5 Å². The lowest BCUT2D eigenvalue weighted by Gasteiger charge is -2.27. The van der Waals surface area contributed by atoms with Gasteiger partial charge in [-0.25, -0.2) is 0 Å². The molecule has 10 nitrogen and oxygen atoms in total. The first-order chi connectivity index (χ1) is 19.7. The first kappa shape index (κ1) is 30.7. The monoisotopic (exact) mass is 601 g/mol. The van der Waals surface area contributed by atoms with E-state index in [1.807, 2.05) is 19.9 Å². The van der Waals surface area contributed by atoms with Crippen molar-refractivity contribution in [1.29, 1.82) is 0 Å². The van der Waals surface area contributed by atoms with Crippen molar-refractivity contribution >= 4 is 24.4 Å². The van der Waals surface area contributed by atoms with Crippen LogP contribution in [0.1, 0.15) is 80.5 Å². The number of nitrogens with zero attached hydrogens (tertiary/aromatic N) is 2. The van der Waals surface area contributed by atoms with Crippen LogP contribution < -0.4 is 25.9 Å². The third-order valence-corrected chi connectivity index (χ3v) is 8.47. The average molecular weight is 602 g/mol. The first-order valence-corrected chi connectivity index (χ1v) is 15.1. The zero-order valence-corrected chi connectivity index (χ0v) is 25.5. The number of rotatable bonds is 12. The predicted molar refractivity (Wildman–Crippen MR) is 160 cm³/mol. The summed E-state index contributed by atoms with van der Waals surface area (Å²) in [5.74, 6) is -1.44. The van der Waals surface area contributed by atoms with Crippen LogP contribution in [0.4, 0.5) is 0 Å². The Labute approximate surface area is 249 Å². The maximum Gasteiger partial charge on any atom is 0.259 e. The highest BCUT2D eigenvalue weighted by Gasteiger charge is 2.30. The van der Waals surface area contributed by atoms with Gasteiger partial charge in [-0.05, 0) is 60.9 Å². The number of ether oxygens (including phenoxy) is 1. The summed E-state index contributed by atoms with van der Waals surface area (Å²) in [6, 6.07) is 5.40. The maximum atomic E-state index is 14.0. The van der Waals surface area contributed by atoms with Crippen LogP contribution in [0.3, 0.4) is 0 Å². The molecule has 3 aromatic rings. The Hall–Kier alpha value is -3.22. The zero-order valence-electron chi connectivity index (χ0n) is 23.9. The number of methoxy groups -OCH3 is 1. The van der Waals surface area contributed by atoms with Crippen molar-refractivity contribution in [1.82, 2.24) is 19.1 Å². The van der Waals surface area contributed by atoms with Gasteiger partial charge in [0.05, 0.1) is 31.7 Å². The first-order valence-electron chi connectivity index (χ1n) is 14.3. The van der Waals surface area contributed by atoms with E-state index < -0.39 is 22.9 Å². The number of aromatic amines is 2. The lowest BCUT2D eigenvalue weighted by molar-refractivity contribution is -0.901. The van der Waals surface area contributed by atoms with Crippen LogP contribution in [0.2, 0.25) is 0 Å². The number of benzene rings is 1. The summed E-state index contributed by atoms with van der Waals surface area (Å²) in [4.78, 5) is 33.8. The van der Waals surface area contributed by atoms with Crippen LogP contribution in [0.15, 0.2) is 27.8 Å². The van der Waals surface area contributed by atoms with E-state index in [1.165, 1.54) is 14.0 Å². The summed E-state index contributed by atoms with van der Waals surface area (Å²) in [7, 11) is 1.60.